The molecule has 1 amide bonds. The Bertz CT molecular complexity index is 5760. The van der Waals surface area contributed by atoms with E-state index >= 15 is 0 Å². The van der Waals surface area contributed by atoms with Gasteiger partial charge >= 0.3 is 0 Å². The number of piperazine rings is 1. The number of aromatic hydroxyl groups is 2. The molecule has 8 N–H and O–H groups in total. The molecule has 2 atom stereocenters. The minimum Gasteiger partial charge on any atom is -0.494 e. The van der Waals surface area contributed by atoms with E-state index in [1.54, 1.807) is 0 Å². The number of hydrogen-bond donors (Lipinski definition) is 8. The van der Waals surface area contributed by atoms with Gasteiger partial charge < -0.3 is 55.4 Å². The summed E-state index contributed by atoms with van der Waals surface area (Å²) in [7, 11) is 0. The first-order valence-corrected chi connectivity index (χ1v) is 47.9. The van der Waals surface area contributed by atoms with E-state index < -0.39 is 0 Å². The molecule has 17 heteroatoms. The number of aliphatic hydroxyl groups excluding tert-OH is 2. The summed E-state index contributed by atoms with van der Waals surface area (Å²) in [5, 5.41) is 47.9. The molecule has 19 rings (SSSR count). The van der Waals surface area contributed by atoms with Crippen molar-refractivity contribution < 1.29 is 39.5 Å². The molecule has 4 aliphatic carbocycles. The Morgan fingerprint density at radius 2 is 1.03 bits per heavy atom. The second-order valence-corrected chi connectivity index (χ2v) is 37.4. The summed E-state index contributed by atoms with van der Waals surface area (Å²) < 4.78 is 11.8. The second-order valence-electron chi connectivity index (χ2n) is 36.5. The molecule has 10 aromatic rings. The molecule has 3 saturated carbocycles. The fraction of sp³-hybridized carbons (Fsp3) is 0.400. The van der Waals surface area contributed by atoms with Crippen LogP contribution in [0.5, 0.6) is 11.8 Å². The number of hydrogen-bond acceptors (Lipinski definition) is 13. The third-order valence-electron chi connectivity index (χ3n) is 27.7. The van der Waals surface area contributed by atoms with Crippen molar-refractivity contribution in [3.63, 3.8) is 0 Å². The molecule has 662 valence electrons. The summed E-state index contributed by atoms with van der Waals surface area (Å²) in [5.74, 6) is 3.74. The van der Waals surface area contributed by atoms with Crippen molar-refractivity contribution in [1.82, 2.24) is 19.8 Å². The highest BCUT2D eigenvalue weighted by atomic mass is 79.9. The van der Waals surface area contributed by atoms with Crippen LogP contribution in [0.1, 0.15) is 214 Å². The molecule has 4 fully saturated rings. The number of allylic oxidation sites excluding steroid dienone is 8. The Morgan fingerprint density at radius 3 is 1.68 bits per heavy atom. The predicted octanol–water partition coefficient (Wildman–Crippen LogP) is 24.1. The Morgan fingerprint density at radius 1 is 0.504 bits per heavy atom. The SMILES string of the molecule is CC(/C(=C\CCC1CCC(CCOCCO)CC1)c1ccccc1)=C1\C(=O)Cc2cc(C)ccc21.Cc1ccc2c(C3=Nc4ccccc4/C3=C/CCC3CCCCC3)c(O)[nH]c2c1.Cc1ccc2c(c1)NC(=O)C2C1Nc2ccccc2/C1=C/CCN1CCN(CCOCCO)CC1.Oc1[nH]c2cc(Br)ccc2c1C1=Nc2ccccc2/C1=C/CCC1CCCC1. The number of carbonyl (C=O) groups is 2. The number of anilines is 2. The van der Waals surface area contributed by atoms with Gasteiger partial charge in [-0.1, -0.05) is 263 Å². The summed E-state index contributed by atoms with van der Waals surface area (Å²) in [4.78, 5) is 47.2. The van der Waals surface area contributed by atoms with Crippen LogP contribution in [-0.4, -0.2) is 148 Å². The van der Waals surface area contributed by atoms with Crippen molar-refractivity contribution in [1.29, 1.82) is 0 Å². The number of rotatable bonds is 27. The van der Waals surface area contributed by atoms with Gasteiger partial charge in [-0.05, 0) is 195 Å². The van der Waals surface area contributed by atoms with Gasteiger partial charge in [0.1, 0.15) is 0 Å². The van der Waals surface area contributed by atoms with Crippen molar-refractivity contribution in [3.05, 3.63) is 277 Å². The van der Waals surface area contributed by atoms with E-state index in [9.17, 15) is 19.8 Å². The van der Waals surface area contributed by atoms with Crippen LogP contribution >= 0.6 is 15.9 Å². The van der Waals surface area contributed by atoms with Gasteiger partial charge in [0.05, 0.1) is 84.4 Å². The van der Waals surface area contributed by atoms with Gasteiger partial charge in [-0.3, -0.25) is 14.5 Å². The van der Waals surface area contributed by atoms with Gasteiger partial charge in [-0.25, -0.2) is 9.98 Å². The number of aliphatic imine (C=N–C) groups is 2. The topological polar surface area (TPSA) is 220 Å². The monoisotopic (exact) mass is 1770 g/mol. The molecule has 0 radical (unpaired) electrons. The third kappa shape index (κ3) is 21.8. The summed E-state index contributed by atoms with van der Waals surface area (Å²) in [6.07, 6.45) is 36.5. The Labute approximate surface area is 758 Å². The molecule has 0 bridgehead atoms. The number of aromatic amines is 2. The van der Waals surface area contributed by atoms with Crippen LogP contribution in [0.15, 0.2) is 220 Å². The van der Waals surface area contributed by atoms with E-state index in [0.29, 0.717) is 26.2 Å². The molecule has 2 aromatic heterocycles. The number of ether oxygens (including phenoxy) is 2. The summed E-state index contributed by atoms with van der Waals surface area (Å²) in [5.41, 5.74) is 27.6. The molecule has 2 unspecified atom stereocenters. The van der Waals surface area contributed by atoms with Crippen LogP contribution in [0.3, 0.4) is 0 Å². The highest BCUT2D eigenvalue weighted by molar-refractivity contribution is 9.10. The lowest BCUT2D eigenvalue weighted by Crippen LogP contribution is -2.47. The first-order valence-electron chi connectivity index (χ1n) is 47.1. The number of Topliss-reactive ketones (excluding diaryl/α,β-unsaturated/α-hetero) is 1. The van der Waals surface area contributed by atoms with Crippen molar-refractivity contribution in [2.24, 2.45) is 33.7 Å². The van der Waals surface area contributed by atoms with Crippen LogP contribution in [0.2, 0.25) is 0 Å². The zero-order chi connectivity index (χ0) is 87.7. The zero-order valence-corrected chi connectivity index (χ0v) is 76.2. The Hall–Kier alpha value is -10.3. The number of halogens is 1. The number of aryl methyl sites for hydroxylation is 3. The average Bonchev–Trinajstić information content (AvgIpc) is 1.62. The molecule has 0 spiro atoms. The number of nitrogens with zero attached hydrogens (tertiary/aromatic N) is 4. The molecule has 9 aliphatic rings. The normalized spacial score (nSPS) is 20.6. The number of para-hydroxylation sites is 3. The molecule has 8 aromatic carbocycles. The van der Waals surface area contributed by atoms with Crippen LogP contribution in [0, 0.1) is 44.4 Å². The largest absolute Gasteiger partial charge is 0.494 e. The maximum atomic E-state index is 13.1. The van der Waals surface area contributed by atoms with Crippen molar-refractivity contribution in [2.75, 3.05) is 89.5 Å². The Balaban J connectivity index is 0.000000125. The molecule has 127 heavy (non-hydrogen) atoms. The Kier molecular flexibility index (Phi) is 30.6. The molecule has 16 nitrogen and oxygen atoms in total. The standard InChI is InChI=1S/C32H40O3.C28H36N4O3.C26H28N2O.C24H23BrN2O/c1-23-11-16-30-28(21-23)22-31(34)32(30)24(2)29(27-8-4-3-5-9-27)10-6-7-25-12-14-26(15-13-25)17-19-35-20-18-33;1-20-8-9-23-25(19-20)30-28(34)26(23)27-22(21-5-2-3-7-24(21)29-27)6-4-10-31-11-13-32(14-12-31)15-17-35-18-16-33;1-17-14-15-21-23(16-17)28-26(29)24(21)25-20(19-11-5-6-13-22(19)27-25)12-7-10-18-8-3-2-4-9-18;25-16-12-13-19-21(14-16)27-24(28)22(19)23-18(10-5-8-15-6-1-2-7-15)17-9-3-4-11-20(17)26-23/h3-5,8-11,16,21,25-26,33H,6-7,12-15,17-20,22H2,1-2H3;2-3,5-9,19,26-27,29,33H,4,10-18H2,1H3,(H,30,34);5-6,11-16,18,28-29H,2-4,7-10H2,1H3;3-4,9-15,27-28H,1-2,5-8H2/b29-10+,32-24+;22-6-;20-12-;18-10-. The lowest BCUT2D eigenvalue weighted by molar-refractivity contribution is -0.117. The molecular weight excluding hydrogens is 1640 g/mol. The van der Waals surface area contributed by atoms with E-state index in [0.717, 1.165) is 223 Å². The summed E-state index contributed by atoms with van der Waals surface area (Å²) in [6, 6.07) is 60.4. The number of fused-ring (bicyclic) bond motifs is 7. The number of carbonyl (C=O) groups excluding carboxylic acids is 2. The van der Waals surface area contributed by atoms with E-state index in [4.69, 9.17) is 29.7 Å². The highest BCUT2D eigenvalue weighted by Crippen LogP contribution is 2.49. The number of aliphatic hydroxyl groups is 2. The molecular formula is C110H127BrN8O8. The zero-order valence-electron chi connectivity index (χ0n) is 74.6. The maximum Gasteiger partial charge on any atom is 0.234 e. The number of amides is 1. The van der Waals surface area contributed by atoms with Crippen molar-refractivity contribution >= 4 is 111 Å². The number of ketones is 1. The van der Waals surface area contributed by atoms with Crippen LogP contribution < -0.4 is 10.6 Å². The third-order valence-corrected chi connectivity index (χ3v) is 28.2. The first-order chi connectivity index (χ1) is 62.1. The van der Waals surface area contributed by atoms with E-state index in [-0.39, 0.29) is 48.6 Å². The minimum absolute atomic E-state index is 0.0628. The number of benzene rings is 8. The molecule has 1 saturated heterocycles. The highest BCUT2D eigenvalue weighted by Gasteiger charge is 2.43. The number of nitrogens with one attached hydrogen (secondary N) is 4. The fourth-order valence-electron chi connectivity index (χ4n) is 21.0. The minimum atomic E-state index is -0.235. The summed E-state index contributed by atoms with van der Waals surface area (Å²) >= 11 is 3.51. The number of aromatic nitrogens is 2. The molecule has 7 heterocycles. The number of H-pyrrole nitrogens is 2. The average molecular weight is 1770 g/mol. The summed E-state index contributed by atoms with van der Waals surface area (Å²) in [6.45, 7) is 17.0. The van der Waals surface area contributed by atoms with Crippen LogP contribution in [0.25, 0.3) is 49.7 Å². The van der Waals surface area contributed by atoms with Gasteiger partial charge in [-0.15, -0.1) is 0 Å². The first kappa shape index (κ1) is 90.0. The van der Waals surface area contributed by atoms with Crippen LogP contribution in [0.4, 0.5) is 22.7 Å². The van der Waals surface area contributed by atoms with Gasteiger partial charge in [0.15, 0.2) is 17.5 Å². The quantitative estimate of drug-likeness (QED) is 0.0179. The van der Waals surface area contributed by atoms with E-state index in [2.05, 4.69) is 238 Å². The predicted molar refractivity (Wildman–Crippen MR) is 524 cm³/mol. The van der Waals surface area contributed by atoms with Crippen molar-refractivity contribution in [2.45, 2.75) is 181 Å². The van der Waals surface area contributed by atoms with E-state index in [1.807, 2.05) is 36.4 Å². The van der Waals surface area contributed by atoms with E-state index in [1.165, 1.54) is 142 Å². The van der Waals surface area contributed by atoms with Crippen molar-refractivity contribution in [3.8, 4) is 11.8 Å². The lowest BCUT2D eigenvalue weighted by atomic mass is 9.78. The fourth-order valence-corrected chi connectivity index (χ4v) is 21.4. The second kappa shape index (κ2) is 43.2. The van der Waals surface area contributed by atoms with Gasteiger partial charge in [0.25, 0.3) is 0 Å². The van der Waals surface area contributed by atoms with Crippen LogP contribution in [-0.2, 0) is 25.5 Å². The lowest BCUT2D eigenvalue weighted by Gasteiger charge is -2.34. The van der Waals surface area contributed by atoms with Gasteiger partial charge in [-0.2, -0.15) is 0 Å². The smallest absolute Gasteiger partial charge is 0.234 e. The molecule has 5 aliphatic heterocycles. The van der Waals surface area contributed by atoms with Gasteiger partial charge in [0, 0.05) is 118 Å². The van der Waals surface area contributed by atoms with Gasteiger partial charge in [0.2, 0.25) is 5.91 Å². The maximum absolute atomic E-state index is 13.1.